The summed E-state index contributed by atoms with van der Waals surface area (Å²) in [6, 6.07) is 0. The Bertz CT molecular complexity index is 137. The van der Waals surface area contributed by atoms with Crippen LogP contribution in [0, 0.1) is 0 Å². The molecule has 0 saturated heterocycles. The molecule has 0 heterocycles. The molecule has 0 radical (unpaired) electrons. The summed E-state index contributed by atoms with van der Waals surface area (Å²) in [6.45, 7) is 1.69. The maximum atomic E-state index is 9.02. The van der Waals surface area contributed by atoms with E-state index >= 15 is 0 Å². The van der Waals surface area contributed by atoms with Gasteiger partial charge in [-0.25, -0.2) is 0 Å². The largest absolute Gasteiger partial charge is 0.394 e. The molecule has 14 heavy (non-hydrogen) atoms. The van der Waals surface area contributed by atoms with Gasteiger partial charge in [0.2, 0.25) is 0 Å². The summed E-state index contributed by atoms with van der Waals surface area (Å²) in [6.07, 6.45) is 4.78. The summed E-state index contributed by atoms with van der Waals surface area (Å²) in [5.41, 5.74) is 0. The number of hydrogen-bond donors (Lipinski definition) is 3. The lowest BCUT2D eigenvalue weighted by Crippen LogP contribution is -2.32. The predicted molar refractivity (Wildman–Crippen MR) is 54.2 cm³/mol. The molecule has 4 nitrogen and oxygen atoms in total. The van der Waals surface area contributed by atoms with E-state index in [4.69, 9.17) is 14.9 Å². The Labute approximate surface area is 85.3 Å². The molecule has 84 valence electrons. The highest BCUT2D eigenvalue weighted by Gasteiger charge is 2.14. The van der Waals surface area contributed by atoms with Gasteiger partial charge in [0.1, 0.15) is 0 Å². The molecule has 0 unspecified atom stereocenters. The van der Waals surface area contributed by atoms with Crippen LogP contribution in [-0.2, 0) is 4.74 Å². The average molecular weight is 203 g/mol. The molecule has 1 atom stereocenters. The second kappa shape index (κ2) is 7.17. The van der Waals surface area contributed by atoms with Crippen LogP contribution in [0.3, 0.4) is 0 Å². The van der Waals surface area contributed by atoms with Gasteiger partial charge >= 0.3 is 0 Å². The number of aliphatic hydroxyl groups excluding tert-OH is 2. The molecule has 1 saturated carbocycles. The van der Waals surface area contributed by atoms with Gasteiger partial charge in [-0.05, 0) is 12.8 Å². The average Bonchev–Trinajstić information content (AvgIpc) is 2.69. The van der Waals surface area contributed by atoms with Gasteiger partial charge in [-0.3, -0.25) is 0 Å². The highest BCUT2D eigenvalue weighted by atomic mass is 16.5. The second-order valence-electron chi connectivity index (χ2n) is 3.82. The van der Waals surface area contributed by atoms with E-state index in [2.05, 4.69) is 5.32 Å². The SMILES string of the molecule is OC[C@@H](O)CNCCOC1CCCC1. The summed E-state index contributed by atoms with van der Waals surface area (Å²) in [5, 5.41) is 20.6. The number of nitrogens with one attached hydrogen (secondary N) is 1. The van der Waals surface area contributed by atoms with Crippen molar-refractivity contribution in [2.45, 2.75) is 37.9 Å². The summed E-state index contributed by atoms with van der Waals surface area (Å²) >= 11 is 0. The molecule has 1 rings (SSSR count). The van der Waals surface area contributed by atoms with E-state index < -0.39 is 6.10 Å². The molecule has 0 aromatic carbocycles. The maximum absolute atomic E-state index is 9.02. The number of hydrogen-bond acceptors (Lipinski definition) is 4. The van der Waals surface area contributed by atoms with Crippen molar-refractivity contribution >= 4 is 0 Å². The van der Waals surface area contributed by atoms with Gasteiger partial charge in [-0.2, -0.15) is 0 Å². The van der Waals surface area contributed by atoms with Crippen molar-refractivity contribution < 1.29 is 14.9 Å². The minimum Gasteiger partial charge on any atom is -0.394 e. The Morgan fingerprint density at radius 1 is 1.36 bits per heavy atom. The minimum absolute atomic E-state index is 0.184. The Balaban J connectivity index is 1.84. The number of aliphatic hydroxyl groups is 2. The van der Waals surface area contributed by atoms with Gasteiger partial charge in [0.15, 0.2) is 0 Å². The third-order valence-corrected chi connectivity index (χ3v) is 2.53. The van der Waals surface area contributed by atoms with E-state index in [1.165, 1.54) is 25.7 Å². The first-order chi connectivity index (χ1) is 6.83. The molecule has 0 aromatic heterocycles. The second-order valence-corrected chi connectivity index (χ2v) is 3.82. The van der Waals surface area contributed by atoms with E-state index in [1.54, 1.807) is 0 Å². The summed E-state index contributed by atoms with van der Waals surface area (Å²) in [7, 11) is 0. The lowest BCUT2D eigenvalue weighted by atomic mass is 10.3. The standard InChI is InChI=1S/C10H21NO3/c12-8-9(13)7-11-5-6-14-10-3-1-2-4-10/h9-13H,1-8H2/t9-/m0/s1. The van der Waals surface area contributed by atoms with Crippen LogP contribution in [0.5, 0.6) is 0 Å². The lowest BCUT2D eigenvalue weighted by Gasteiger charge is -2.12. The summed E-state index contributed by atoms with van der Waals surface area (Å²) in [5.74, 6) is 0. The summed E-state index contributed by atoms with van der Waals surface area (Å²) in [4.78, 5) is 0. The van der Waals surface area contributed by atoms with Crippen LogP contribution in [0.25, 0.3) is 0 Å². The maximum Gasteiger partial charge on any atom is 0.0894 e. The van der Waals surface area contributed by atoms with Crippen LogP contribution in [0.15, 0.2) is 0 Å². The van der Waals surface area contributed by atoms with Crippen molar-refractivity contribution in [1.82, 2.24) is 5.32 Å². The zero-order valence-corrected chi connectivity index (χ0v) is 8.61. The fourth-order valence-electron chi connectivity index (χ4n) is 1.69. The molecular weight excluding hydrogens is 182 g/mol. The molecule has 1 fully saturated rings. The molecule has 0 aliphatic heterocycles. The van der Waals surface area contributed by atoms with Gasteiger partial charge in [-0.1, -0.05) is 12.8 Å². The quantitative estimate of drug-likeness (QED) is 0.505. The molecule has 0 aromatic rings. The van der Waals surface area contributed by atoms with Crippen molar-refractivity contribution in [3.05, 3.63) is 0 Å². The zero-order valence-electron chi connectivity index (χ0n) is 8.61. The molecule has 1 aliphatic carbocycles. The molecule has 0 spiro atoms. The monoisotopic (exact) mass is 203 g/mol. The Morgan fingerprint density at radius 2 is 2.07 bits per heavy atom. The Hall–Kier alpha value is -0.160. The normalized spacial score (nSPS) is 20.1. The Kier molecular flexibility index (Phi) is 6.10. The fraction of sp³-hybridized carbons (Fsp3) is 1.00. The van der Waals surface area contributed by atoms with Crippen LogP contribution >= 0.6 is 0 Å². The van der Waals surface area contributed by atoms with Gasteiger partial charge in [0, 0.05) is 13.1 Å². The van der Waals surface area contributed by atoms with Crippen LogP contribution in [0.1, 0.15) is 25.7 Å². The van der Waals surface area contributed by atoms with Crippen molar-refractivity contribution in [2.75, 3.05) is 26.3 Å². The molecular formula is C10H21NO3. The first-order valence-corrected chi connectivity index (χ1v) is 5.44. The van der Waals surface area contributed by atoms with Gasteiger partial charge in [0.25, 0.3) is 0 Å². The van der Waals surface area contributed by atoms with Gasteiger partial charge in [0.05, 0.1) is 25.4 Å². The third kappa shape index (κ3) is 4.91. The molecule has 3 N–H and O–H groups in total. The fourth-order valence-corrected chi connectivity index (χ4v) is 1.69. The van der Waals surface area contributed by atoms with Gasteiger partial charge in [-0.15, -0.1) is 0 Å². The first kappa shape index (κ1) is 11.9. The van der Waals surface area contributed by atoms with E-state index in [0.717, 1.165) is 6.54 Å². The highest BCUT2D eigenvalue weighted by Crippen LogP contribution is 2.20. The van der Waals surface area contributed by atoms with E-state index in [0.29, 0.717) is 19.3 Å². The smallest absolute Gasteiger partial charge is 0.0894 e. The van der Waals surface area contributed by atoms with E-state index in [-0.39, 0.29) is 6.61 Å². The van der Waals surface area contributed by atoms with Crippen molar-refractivity contribution in [2.24, 2.45) is 0 Å². The topological polar surface area (TPSA) is 61.7 Å². The third-order valence-electron chi connectivity index (χ3n) is 2.53. The van der Waals surface area contributed by atoms with Crippen LogP contribution < -0.4 is 5.32 Å². The van der Waals surface area contributed by atoms with Crippen LogP contribution in [0.4, 0.5) is 0 Å². The number of rotatable bonds is 7. The van der Waals surface area contributed by atoms with Crippen molar-refractivity contribution in [3.63, 3.8) is 0 Å². The van der Waals surface area contributed by atoms with Crippen molar-refractivity contribution in [1.29, 1.82) is 0 Å². The zero-order chi connectivity index (χ0) is 10.2. The molecule has 0 amide bonds. The molecule has 4 heteroatoms. The van der Waals surface area contributed by atoms with Gasteiger partial charge < -0.3 is 20.3 Å². The van der Waals surface area contributed by atoms with E-state index in [9.17, 15) is 0 Å². The number of ether oxygens (including phenoxy) is 1. The van der Waals surface area contributed by atoms with Crippen LogP contribution in [0.2, 0.25) is 0 Å². The van der Waals surface area contributed by atoms with Crippen molar-refractivity contribution in [3.8, 4) is 0 Å². The molecule has 0 bridgehead atoms. The first-order valence-electron chi connectivity index (χ1n) is 5.44. The minimum atomic E-state index is -0.651. The Morgan fingerprint density at radius 3 is 2.71 bits per heavy atom. The highest BCUT2D eigenvalue weighted by molar-refractivity contribution is 4.66. The lowest BCUT2D eigenvalue weighted by molar-refractivity contribution is 0.0552. The van der Waals surface area contributed by atoms with Crippen LogP contribution in [-0.4, -0.2) is 48.7 Å². The molecule has 1 aliphatic rings. The predicted octanol–water partition coefficient (Wildman–Crippen LogP) is -0.112. The van der Waals surface area contributed by atoms with E-state index in [1.807, 2.05) is 0 Å². The summed E-state index contributed by atoms with van der Waals surface area (Å²) < 4.78 is 5.61.